The van der Waals surface area contributed by atoms with Crippen LogP contribution >= 0.6 is 0 Å². The van der Waals surface area contributed by atoms with Crippen molar-refractivity contribution in [1.29, 1.82) is 0 Å². The highest BCUT2D eigenvalue weighted by Crippen LogP contribution is 2.65. The van der Waals surface area contributed by atoms with Crippen molar-refractivity contribution in [3.05, 3.63) is 12.2 Å². The second-order valence-corrected chi connectivity index (χ2v) is 9.80. The van der Waals surface area contributed by atoms with Crippen LogP contribution in [0.5, 0.6) is 0 Å². The van der Waals surface area contributed by atoms with E-state index in [-0.39, 0.29) is 11.6 Å². The Morgan fingerprint density at radius 3 is 2.20 bits per heavy atom. The number of esters is 1. The Kier molecular flexibility index (Phi) is 5.66. The lowest BCUT2D eigenvalue weighted by atomic mass is 9.44. The molecule has 142 valence electrons. The first-order valence-electron chi connectivity index (χ1n) is 10.8. The molecule has 2 nitrogen and oxygen atoms in total. The molecule has 25 heavy (non-hydrogen) atoms. The third kappa shape index (κ3) is 3.83. The molecular weight excluding hydrogens is 308 g/mol. The molecule has 4 aliphatic rings. The minimum Gasteiger partial charge on any atom is -0.455 e. The summed E-state index contributed by atoms with van der Waals surface area (Å²) in [6.07, 6.45) is 15.4. The average Bonchev–Trinajstić information content (AvgIpc) is 2.53. The standard InChI is InChI=1S/C23H38O2/c1-5-6-7-8-9-10-11-23(25-21(24)17(2)3)19-12-18-13-20(23)16-22(4,14-18)15-19/h18-20H,2,5-16H2,1,3-4H3. The lowest BCUT2D eigenvalue weighted by molar-refractivity contribution is -0.223. The summed E-state index contributed by atoms with van der Waals surface area (Å²) in [6, 6.07) is 0. The van der Waals surface area contributed by atoms with E-state index in [0.717, 1.165) is 12.3 Å². The fourth-order valence-electron chi connectivity index (χ4n) is 6.52. The first-order valence-corrected chi connectivity index (χ1v) is 10.8. The number of carbonyl (C=O) groups excluding carboxylic acids is 1. The minimum absolute atomic E-state index is 0.149. The van der Waals surface area contributed by atoms with E-state index in [1.54, 1.807) is 6.92 Å². The van der Waals surface area contributed by atoms with Crippen LogP contribution in [0.1, 0.15) is 97.8 Å². The smallest absolute Gasteiger partial charge is 0.333 e. The Morgan fingerprint density at radius 1 is 1.04 bits per heavy atom. The van der Waals surface area contributed by atoms with E-state index in [0.29, 0.717) is 22.8 Å². The highest BCUT2D eigenvalue weighted by molar-refractivity contribution is 5.87. The van der Waals surface area contributed by atoms with Gasteiger partial charge in [0.15, 0.2) is 0 Å². The van der Waals surface area contributed by atoms with Gasteiger partial charge in [-0.1, -0.05) is 52.5 Å². The van der Waals surface area contributed by atoms with E-state index in [4.69, 9.17) is 4.74 Å². The molecule has 2 unspecified atom stereocenters. The van der Waals surface area contributed by atoms with Crippen molar-refractivity contribution in [3.8, 4) is 0 Å². The molecule has 2 atom stereocenters. The zero-order valence-electron chi connectivity index (χ0n) is 16.7. The number of carbonyl (C=O) groups is 1. The van der Waals surface area contributed by atoms with Crippen molar-refractivity contribution in [2.45, 2.75) is 103 Å². The second-order valence-electron chi connectivity index (χ2n) is 9.80. The monoisotopic (exact) mass is 346 g/mol. The SMILES string of the molecule is C=C(C)C(=O)OC1(CCCCCCCC)C2CC3CC1CC(C)(C3)C2. The average molecular weight is 347 g/mol. The Labute approximate surface area is 154 Å². The maximum Gasteiger partial charge on any atom is 0.333 e. The van der Waals surface area contributed by atoms with Crippen LogP contribution in [-0.4, -0.2) is 11.6 Å². The maximum absolute atomic E-state index is 12.5. The zero-order valence-corrected chi connectivity index (χ0v) is 16.7. The van der Waals surface area contributed by atoms with Crippen LogP contribution in [0.4, 0.5) is 0 Å². The van der Waals surface area contributed by atoms with Crippen LogP contribution in [0.25, 0.3) is 0 Å². The van der Waals surface area contributed by atoms with Crippen LogP contribution in [0.2, 0.25) is 0 Å². The van der Waals surface area contributed by atoms with Crippen molar-refractivity contribution >= 4 is 5.97 Å². The fraction of sp³-hybridized carbons (Fsp3) is 0.870. The summed E-state index contributed by atoms with van der Waals surface area (Å²) in [4.78, 5) is 12.5. The van der Waals surface area contributed by atoms with Gasteiger partial charge < -0.3 is 4.74 Å². The van der Waals surface area contributed by atoms with Crippen LogP contribution in [0, 0.1) is 23.2 Å². The van der Waals surface area contributed by atoms with Gasteiger partial charge in [0.1, 0.15) is 5.60 Å². The van der Waals surface area contributed by atoms with Gasteiger partial charge in [-0.15, -0.1) is 0 Å². The molecule has 0 radical (unpaired) electrons. The molecule has 0 aromatic rings. The van der Waals surface area contributed by atoms with Gasteiger partial charge in [-0.3, -0.25) is 0 Å². The molecule has 4 rings (SSSR count). The fourth-order valence-corrected chi connectivity index (χ4v) is 6.52. The molecule has 0 aromatic carbocycles. The van der Waals surface area contributed by atoms with Crippen molar-refractivity contribution in [2.24, 2.45) is 23.2 Å². The minimum atomic E-state index is -0.183. The number of hydrogen-bond donors (Lipinski definition) is 0. The number of hydrogen-bond acceptors (Lipinski definition) is 2. The van der Waals surface area contributed by atoms with Gasteiger partial charge in [0.2, 0.25) is 0 Å². The largest absolute Gasteiger partial charge is 0.455 e. The summed E-state index contributed by atoms with van der Waals surface area (Å²) >= 11 is 0. The summed E-state index contributed by atoms with van der Waals surface area (Å²) in [5, 5.41) is 0. The van der Waals surface area contributed by atoms with Gasteiger partial charge in [0.05, 0.1) is 0 Å². The molecule has 2 heteroatoms. The molecule has 0 spiro atoms. The van der Waals surface area contributed by atoms with Crippen LogP contribution < -0.4 is 0 Å². The molecule has 0 aromatic heterocycles. The van der Waals surface area contributed by atoms with Crippen molar-refractivity contribution in [2.75, 3.05) is 0 Å². The van der Waals surface area contributed by atoms with Crippen molar-refractivity contribution in [1.82, 2.24) is 0 Å². The summed E-state index contributed by atoms with van der Waals surface area (Å²) < 4.78 is 6.31. The summed E-state index contributed by atoms with van der Waals surface area (Å²) in [7, 11) is 0. The van der Waals surface area contributed by atoms with E-state index in [9.17, 15) is 4.79 Å². The number of rotatable bonds is 9. The number of ether oxygens (including phenoxy) is 1. The van der Waals surface area contributed by atoms with Gasteiger partial charge in [-0.05, 0) is 75.0 Å². The molecule has 0 amide bonds. The quantitative estimate of drug-likeness (QED) is 0.273. The van der Waals surface area contributed by atoms with E-state index < -0.39 is 0 Å². The van der Waals surface area contributed by atoms with Crippen molar-refractivity contribution < 1.29 is 9.53 Å². The maximum atomic E-state index is 12.5. The molecule has 4 saturated carbocycles. The van der Waals surface area contributed by atoms with E-state index in [2.05, 4.69) is 20.4 Å². The third-order valence-electron chi connectivity index (χ3n) is 7.43. The van der Waals surface area contributed by atoms with Crippen LogP contribution in [0.3, 0.4) is 0 Å². The topological polar surface area (TPSA) is 26.3 Å². The second kappa shape index (κ2) is 7.45. The highest BCUT2D eigenvalue weighted by atomic mass is 16.6. The summed E-state index contributed by atoms with van der Waals surface area (Å²) in [6.45, 7) is 10.4. The Bertz CT molecular complexity index is 490. The normalized spacial score (nSPS) is 38.8. The molecule has 0 aliphatic heterocycles. The van der Waals surface area contributed by atoms with Crippen molar-refractivity contribution in [3.63, 3.8) is 0 Å². The molecule has 0 saturated heterocycles. The zero-order chi connectivity index (χ0) is 18.1. The molecule has 4 fully saturated rings. The van der Waals surface area contributed by atoms with Crippen LogP contribution in [-0.2, 0) is 9.53 Å². The molecule has 4 bridgehead atoms. The molecule has 0 heterocycles. The van der Waals surface area contributed by atoms with E-state index in [1.165, 1.54) is 70.6 Å². The van der Waals surface area contributed by atoms with Gasteiger partial charge in [0.25, 0.3) is 0 Å². The van der Waals surface area contributed by atoms with Gasteiger partial charge in [-0.25, -0.2) is 4.79 Å². The predicted octanol–water partition coefficient (Wildman–Crippen LogP) is 6.44. The summed E-state index contributed by atoms with van der Waals surface area (Å²) in [5.74, 6) is 1.90. The lowest BCUT2D eigenvalue weighted by Gasteiger charge is -2.64. The van der Waals surface area contributed by atoms with Gasteiger partial charge in [-0.2, -0.15) is 0 Å². The third-order valence-corrected chi connectivity index (χ3v) is 7.43. The Morgan fingerprint density at radius 2 is 1.64 bits per heavy atom. The van der Waals surface area contributed by atoms with E-state index in [1.807, 2.05) is 0 Å². The highest BCUT2D eigenvalue weighted by Gasteiger charge is 2.62. The first-order chi connectivity index (χ1) is 11.9. The van der Waals surface area contributed by atoms with E-state index >= 15 is 0 Å². The Balaban J connectivity index is 1.70. The lowest BCUT2D eigenvalue weighted by Crippen LogP contribution is -2.62. The summed E-state index contributed by atoms with van der Waals surface area (Å²) in [5.41, 5.74) is 0.885. The predicted molar refractivity (Wildman–Crippen MR) is 103 cm³/mol. The molecule has 4 aliphatic carbocycles. The van der Waals surface area contributed by atoms with Gasteiger partial charge >= 0.3 is 5.97 Å². The Hall–Kier alpha value is -0.790. The molecule has 0 N–H and O–H groups in total. The first kappa shape index (κ1) is 19.0. The van der Waals surface area contributed by atoms with Gasteiger partial charge in [0, 0.05) is 5.57 Å². The number of unbranched alkanes of at least 4 members (excludes halogenated alkanes) is 5. The molecular formula is C23H38O2. The van der Waals surface area contributed by atoms with Crippen LogP contribution in [0.15, 0.2) is 12.2 Å².